The van der Waals surface area contributed by atoms with Gasteiger partial charge in [0, 0.05) is 18.0 Å². The van der Waals surface area contributed by atoms with Crippen molar-refractivity contribution in [3.8, 4) is 5.75 Å². The molecule has 3 aromatic heterocycles. The molecule has 0 saturated carbocycles. The lowest BCUT2D eigenvalue weighted by Gasteiger charge is -2.27. The van der Waals surface area contributed by atoms with Gasteiger partial charge < -0.3 is 24.8 Å². The van der Waals surface area contributed by atoms with E-state index >= 15 is 8.78 Å². The molecule has 20 nitrogen and oxygen atoms in total. The molecule has 2 bridgehead atoms. The number of phosphoric ester groups is 1. The highest BCUT2D eigenvalue weighted by molar-refractivity contribution is 8.54. The van der Waals surface area contributed by atoms with Gasteiger partial charge in [0.15, 0.2) is 36.3 Å². The second-order valence-electron chi connectivity index (χ2n) is 13.9. The van der Waals surface area contributed by atoms with Crippen LogP contribution < -0.4 is 21.7 Å². The van der Waals surface area contributed by atoms with Gasteiger partial charge in [0.2, 0.25) is 0 Å². The number of benzene rings is 2. The number of rotatable bonds is 7. The number of nitrogens with one attached hydrogen (secondary N) is 1. The van der Waals surface area contributed by atoms with Crippen molar-refractivity contribution in [2.24, 2.45) is 0 Å². The van der Waals surface area contributed by atoms with Gasteiger partial charge in [-0.05, 0) is 54.6 Å². The summed E-state index contributed by atoms with van der Waals surface area (Å²) in [4.78, 5) is 62.4. The summed E-state index contributed by atoms with van der Waals surface area (Å²) >= 11 is 0.573. The highest BCUT2D eigenvalue weighted by atomic mass is 32.7. The van der Waals surface area contributed by atoms with Crippen LogP contribution in [0.4, 0.5) is 14.6 Å². The van der Waals surface area contributed by atoms with Gasteiger partial charge in [-0.1, -0.05) is 29.8 Å². The van der Waals surface area contributed by atoms with Crippen LogP contribution in [0, 0.1) is 13.8 Å². The number of alkyl halides is 2. The van der Waals surface area contributed by atoms with E-state index in [-0.39, 0.29) is 28.5 Å². The summed E-state index contributed by atoms with van der Waals surface area (Å²) in [5, 5.41) is 0. The Morgan fingerprint density at radius 3 is 2.45 bits per heavy atom. The maximum atomic E-state index is 16.4. The number of phosphoric acid groups is 1. The van der Waals surface area contributed by atoms with Crippen LogP contribution in [0.1, 0.15) is 39.5 Å². The van der Waals surface area contributed by atoms with Crippen LogP contribution in [0.5, 0.6) is 5.75 Å². The van der Waals surface area contributed by atoms with Crippen LogP contribution >= 0.6 is 26.0 Å². The van der Waals surface area contributed by atoms with E-state index < -0.39 is 94.3 Å². The third-order valence-electron chi connectivity index (χ3n) is 9.75. The number of anilines is 1. The zero-order valence-electron chi connectivity index (χ0n) is 31.3. The number of hydrogen-bond donors (Lipinski definition) is 3. The van der Waals surface area contributed by atoms with Crippen molar-refractivity contribution in [2.45, 2.75) is 68.8 Å². The van der Waals surface area contributed by atoms with Crippen LogP contribution in [-0.4, -0.2) is 89.9 Å². The number of nitrogens with two attached hydrogens (primary N) is 1. The Bertz CT molecular complexity index is 2650. The molecule has 8 rings (SSSR count). The predicted octanol–water partition coefficient (Wildman–Crippen LogP) is 4.22. The van der Waals surface area contributed by atoms with Gasteiger partial charge in [-0.15, -0.1) is 0 Å². The van der Waals surface area contributed by atoms with Crippen LogP contribution in [0.3, 0.4) is 0 Å². The molecule has 5 aromatic rings. The maximum Gasteiger partial charge on any atom is 0.472 e. The Balaban J connectivity index is 1.09. The van der Waals surface area contributed by atoms with Crippen molar-refractivity contribution >= 4 is 49.0 Å². The van der Waals surface area contributed by atoms with Gasteiger partial charge >= 0.3 is 26.3 Å². The highest BCUT2D eigenvalue weighted by Crippen LogP contribution is 2.65. The first-order chi connectivity index (χ1) is 28.6. The number of carbonyl (C=O) groups is 1. The summed E-state index contributed by atoms with van der Waals surface area (Å²) in [6, 6.07) is 12.4. The van der Waals surface area contributed by atoms with Crippen molar-refractivity contribution in [3.05, 3.63) is 110 Å². The van der Waals surface area contributed by atoms with Gasteiger partial charge in [-0.3, -0.25) is 37.0 Å². The molecule has 4 N–H and O–H groups in total. The number of aryl methyl sites for hydroxylation is 2. The Labute approximate surface area is 341 Å². The average Bonchev–Trinajstić information content (AvgIpc) is 3.86. The van der Waals surface area contributed by atoms with Gasteiger partial charge in [0.05, 0.1) is 25.1 Å². The zero-order valence-corrected chi connectivity index (χ0v) is 33.9. The number of hydrogen-bond acceptors (Lipinski definition) is 17. The lowest BCUT2D eigenvalue weighted by Crippen LogP contribution is -2.37. The molecule has 10 atom stereocenters. The Morgan fingerprint density at radius 1 is 0.950 bits per heavy atom. The number of imidazole rings is 1. The van der Waals surface area contributed by atoms with Crippen LogP contribution in [-0.2, 0) is 42.5 Å². The summed E-state index contributed by atoms with van der Waals surface area (Å²) in [7, 11) is -5.26. The fourth-order valence-electron chi connectivity index (χ4n) is 6.80. The van der Waals surface area contributed by atoms with E-state index in [2.05, 4.69) is 15.0 Å². The first-order valence-electron chi connectivity index (χ1n) is 18.0. The van der Waals surface area contributed by atoms with Crippen LogP contribution in [0.25, 0.3) is 11.2 Å². The third kappa shape index (κ3) is 8.60. The van der Waals surface area contributed by atoms with Crippen LogP contribution in [0.2, 0.25) is 0 Å². The van der Waals surface area contributed by atoms with Gasteiger partial charge in [0.1, 0.15) is 42.0 Å². The largest absolute Gasteiger partial charge is 0.472 e. The monoisotopic (exact) mass is 893 g/mol. The Kier molecular flexibility index (Phi) is 11.7. The fourth-order valence-corrected chi connectivity index (χ4v) is 11.1. The van der Waals surface area contributed by atoms with Crippen LogP contribution in [0.15, 0.2) is 77.0 Å². The summed E-state index contributed by atoms with van der Waals surface area (Å²) < 4.78 is 102. The molecular weight excluding hydrogens is 858 g/mol. The van der Waals surface area contributed by atoms with E-state index in [1.54, 1.807) is 31.2 Å². The van der Waals surface area contributed by atoms with Gasteiger partial charge in [-0.25, -0.2) is 42.5 Å². The number of aromatic amines is 1. The number of halogens is 2. The van der Waals surface area contributed by atoms with E-state index in [4.69, 9.17) is 38.0 Å². The van der Waals surface area contributed by atoms with E-state index in [1.807, 2.05) is 18.0 Å². The number of H-pyrrole nitrogens is 1. The SMILES string of the molecule is Cc1ccc(C(=O)Oc2ccc(CS[P@@]3(=O)OC[C@H]4O[C@@H](n5cnc6c(N)ncnc65)[C@H](F)[C@@H]4OP(=O)(O)OC[C@H]4O[C@@H](n5ccc(=O)[nH]c5=O)[C@H](O3)[C@@H]4F)cc2)c(C)c1. The molecular formula is C35H35F2N7O13P2S. The lowest BCUT2D eigenvalue weighted by molar-refractivity contribution is -0.0635. The van der Waals surface area contributed by atoms with Crippen molar-refractivity contribution < 1.29 is 59.9 Å². The molecule has 1 unspecified atom stereocenters. The van der Waals surface area contributed by atoms with Gasteiger partial charge in [0.25, 0.3) is 5.56 Å². The average molecular weight is 894 g/mol. The summed E-state index contributed by atoms with van der Waals surface area (Å²) in [5.74, 6) is -0.510. The first kappa shape index (κ1) is 42.0. The molecule has 3 aliphatic rings. The van der Waals surface area contributed by atoms with E-state index in [9.17, 15) is 28.4 Å². The zero-order chi connectivity index (χ0) is 42.5. The minimum absolute atomic E-state index is 0.0175. The number of ether oxygens (including phenoxy) is 3. The quantitative estimate of drug-likeness (QED) is 0.117. The lowest BCUT2D eigenvalue weighted by atomic mass is 10.1. The second-order valence-corrected chi connectivity index (χ2v) is 19.3. The number of nitrogen functional groups attached to an aromatic ring is 1. The summed E-state index contributed by atoms with van der Waals surface area (Å²) in [6.45, 7) is -2.83. The summed E-state index contributed by atoms with van der Waals surface area (Å²) in [5.41, 5.74) is 6.83. The van der Waals surface area contributed by atoms with E-state index in [0.717, 1.165) is 45.2 Å². The predicted molar refractivity (Wildman–Crippen MR) is 206 cm³/mol. The number of aromatic nitrogens is 6. The Hall–Kier alpha value is -4.67. The molecule has 0 radical (unpaired) electrons. The topological polar surface area (TPSA) is 261 Å². The minimum atomic E-state index is -5.26. The maximum absolute atomic E-state index is 16.4. The van der Waals surface area contributed by atoms with Crippen molar-refractivity contribution in [3.63, 3.8) is 0 Å². The number of nitrogens with zero attached hydrogens (tertiary/aromatic N) is 5. The molecule has 25 heteroatoms. The molecule has 3 saturated heterocycles. The normalized spacial score (nSPS) is 30.9. The van der Waals surface area contributed by atoms with E-state index in [0.29, 0.717) is 22.5 Å². The third-order valence-corrected chi connectivity index (χ3v) is 14.4. The first-order valence-corrected chi connectivity index (χ1v) is 22.7. The smallest absolute Gasteiger partial charge is 0.423 e. The van der Waals surface area contributed by atoms with Crippen molar-refractivity contribution in [2.75, 3.05) is 18.9 Å². The molecule has 6 heterocycles. The fraction of sp³-hybridized carbons (Fsp3) is 0.371. The number of esters is 1. The standard InChI is InChI=1S/C35H35F2N7O13P2S/c1-17-3-8-21(18(2)11-17)34(46)53-20-6-4-19(5-7-20)14-60-59(50)52-13-23-28(26(37)32(55-23)44-16-41-27-30(38)39-15-40-31(27)44)56-58(48,49)51-12-22-25(36)29(57-59)33(54-22)43-10-9-24(45)42-35(43)47/h3-11,15-16,22-23,25-26,28-29,32-33H,12-14H2,1-2H3,(H,48,49)(H2,38,39,40)(H,42,45,47)/t22-,23-,25-,26-,28-,29-,32-,33-,59+/m1/s1. The van der Waals surface area contributed by atoms with Crippen molar-refractivity contribution in [1.82, 2.24) is 29.1 Å². The molecule has 0 spiro atoms. The highest BCUT2D eigenvalue weighted by Gasteiger charge is 2.55. The number of carbonyl (C=O) groups excluding carboxylic acids is 1. The number of fused-ring (bicyclic) bond motifs is 4. The summed E-state index contributed by atoms with van der Waals surface area (Å²) in [6.07, 6.45) is -11.8. The van der Waals surface area contributed by atoms with Crippen molar-refractivity contribution in [1.29, 1.82) is 0 Å². The molecule has 2 aromatic carbocycles. The molecule has 3 aliphatic heterocycles. The Morgan fingerprint density at radius 2 is 1.70 bits per heavy atom. The molecule has 3 fully saturated rings. The molecule has 60 heavy (non-hydrogen) atoms. The minimum Gasteiger partial charge on any atom is -0.423 e. The second kappa shape index (κ2) is 16.7. The molecule has 0 amide bonds. The van der Waals surface area contributed by atoms with E-state index in [1.165, 1.54) is 12.1 Å². The molecule has 0 aliphatic carbocycles. The molecule has 318 valence electrons. The van der Waals surface area contributed by atoms with Gasteiger partial charge in [-0.2, -0.15) is 0 Å².